The molecule has 3 fully saturated rings. The van der Waals surface area contributed by atoms with E-state index >= 15 is 0 Å². The summed E-state index contributed by atoms with van der Waals surface area (Å²) < 4.78 is 6.51. The summed E-state index contributed by atoms with van der Waals surface area (Å²) in [6.45, 7) is 12.9. The number of ketones is 2. The van der Waals surface area contributed by atoms with Crippen molar-refractivity contribution in [3.63, 3.8) is 0 Å². The molecular weight excluding hydrogens is 660 g/mol. The molecule has 6 rings (SSSR count). The van der Waals surface area contributed by atoms with Gasteiger partial charge >= 0.3 is 5.97 Å². The van der Waals surface area contributed by atoms with Gasteiger partial charge in [-0.1, -0.05) is 84.2 Å². The van der Waals surface area contributed by atoms with Crippen LogP contribution in [0.15, 0.2) is 75.0 Å². The van der Waals surface area contributed by atoms with Gasteiger partial charge in [0.2, 0.25) is 5.78 Å². The lowest BCUT2D eigenvalue weighted by atomic mass is 9.34. The van der Waals surface area contributed by atoms with Crippen LogP contribution in [0.2, 0.25) is 0 Å². The number of aliphatic hydroxyl groups excluding tert-OH is 1. The molecule has 0 aromatic heterocycles. The fourth-order valence-electron chi connectivity index (χ4n) is 9.48. The molecule has 1 N–H and O–H groups in total. The molecule has 5 nitrogen and oxygen atoms in total. The minimum atomic E-state index is -0.961. The minimum Gasteiger partial charge on any atom is -0.419 e. The largest absolute Gasteiger partial charge is 0.419 e. The first-order chi connectivity index (χ1) is 19.6. The van der Waals surface area contributed by atoms with Crippen LogP contribution in [0.1, 0.15) is 77.6 Å². The predicted molar refractivity (Wildman–Crippen MR) is 169 cm³/mol. The Morgan fingerprint density at radius 3 is 2.33 bits per heavy atom. The van der Waals surface area contributed by atoms with E-state index in [4.69, 9.17) is 4.74 Å². The highest BCUT2D eigenvalue weighted by Gasteiger charge is 2.70. The molecule has 5 aliphatic carbocycles. The number of hydrogen-bond acceptors (Lipinski definition) is 5. The first-order valence-corrected chi connectivity index (χ1v) is 16.6. The number of benzene rings is 1. The van der Waals surface area contributed by atoms with Crippen LogP contribution in [0.3, 0.4) is 0 Å². The molecule has 8 unspecified atom stereocenters. The van der Waals surface area contributed by atoms with Crippen LogP contribution in [0.4, 0.5) is 0 Å². The molecule has 0 spiro atoms. The second-order valence-electron chi connectivity index (χ2n) is 14.0. The van der Waals surface area contributed by atoms with Gasteiger partial charge in [0.25, 0.3) is 0 Å². The third-order valence-electron chi connectivity index (χ3n) is 12.1. The predicted octanol–water partition coefficient (Wildman–Crippen LogP) is 7.83. The number of hydrogen-bond donors (Lipinski definition) is 1. The van der Waals surface area contributed by atoms with Gasteiger partial charge < -0.3 is 9.84 Å². The Balaban J connectivity index is 1.40. The average Bonchev–Trinajstić information content (AvgIpc) is 2.94. The van der Waals surface area contributed by atoms with E-state index in [1.54, 1.807) is 30.3 Å². The van der Waals surface area contributed by atoms with E-state index in [0.717, 1.165) is 41.3 Å². The van der Waals surface area contributed by atoms with Crippen LogP contribution in [0, 0.1) is 33.5 Å². The summed E-state index contributed by atoms with van der Waals surface area (Å²) >= 11 is 7.35. The van der Waals surface area contributed by atoms with Crippen LogP contribution in [0.5, 0.6) is 0 Å². The monoisotopic (exact) mass is 696 g/mol. The smallest absolute Gasteiger partial charge is 0.343 e. The molecule has 0 heterocycles. The molecule has 1 aromatic rings. The molecule has 1 aromatic carbocycles. The highest BCUT2D eigenvalue weighted by Crippen LogP contribution is 2.75. The summed E-state index contributed by atoms with van der Waals surface area (Å²) in [5.41, 5.74) is 3.02. The van der Waals surface area contributed by atoms with Gasteiger partial charge in [0.05, 0.1) is 5.56 Å². The van der Waals surface area contributed by atoms with Crippen molar-refractivity contribution in [1.29, 1.82) is 0 Å². The van der Waals surface area contributed by atoms with E-state index in [-0.39, 0.29) is 50.2 Å². The van der Waals surface area contributed by atoms with Crippen molar-refractivity contribution in [2.24, 2.45) is 33.5 Å². The zero-order valence-electron chi connectivity index (χ0n) is 25.0. The number of Topliss-reactive ketones (excluding diaryl/α,β-unsaturated/α-hetero) is 2. The third kappa shape index (κ3) is 3.84. The molecule has 0 bridgehead atoms. The third-order valence-corrected chi connectivity index (χ3v) is 13.9. The van der Waals surface area contributed by atoms with Crippen LogP contribution in [-0.2, 0) is 14.3 Å². The van der Waals surface area contributed by atoms with E-state index in [1.807, 2.05) is 13.8 Å². The molecule has 0 saturated heterocycles. The summed E-state index contributed by atoms with van der Waals surface area (Å²) in [6, 6.07) is 6.87. The SMILES string of the molecule is CC1=C2C(=CC=C3C2(C)CCC2(C)C4C(Br)C(C)C(=O)C(O)C4(C)CCC32C)C=C(OC(=O)c2ccc(Br)cc2)C1=O. The fraction of sp³-hybridized carbons (Fsp3) is 0.514. The number of allylic oxidation sites excluding steroid dienone is 7. The first kappa shape index (κ1) is 30.0. The lowest BCUT2D eigenvalue weighted by molar-refractivity contribution is -0.189. The Labute approximate surface area is 264 Å². The van der Waals surface area contributed by atoms with Crippen molar-refractivity contribution in [3.05, 3.63) is 80.6 Å². The Morgan fingerprint density at radius 2 is 1.67 bits per heavy atom. The summed E-state index contributed by atoms with van der Waals surface area (Å²) in [5, 5.41) is 11.3. The number of halogens is 2. The maximum absolute atomic E-state index is 13.7. The second-order valence-corrected chi connectivity index (χ2v) is 16.0. The van der Waals surface area contributed by atoms with Crippen molar-refractivity contribution in [1.82, 2.24) is 0 Å². The number of esters is 1. The molecule has 0 amide bonds. The minimum absolute atomic E-state index is 0.0224. The Bertz CT molecular complexity index is 1550. The summed E-state index contributed by atoms with van der Waals surface area (Å²) in [6.07, 6.45) is 8.44. The highest BCUT2D eigenvalue weighted by atomic mass is 79.9. The van der Waals surface area contributed by atoms with Crippen LogP contribution < -0.4 is 0 Å². The van der Waals surface area contributed by atoms with Crippen LogP contribution in [-0.4, -0.2) is 33.6 Å². The number of fused-ring (bicyclic) bond motifs is 7. The topological polar surface area (TPSA) is 80.7 Å². The van der Waals surface area contributed by atoms with E-state index in [1.165, 1.54) is 5.57 Å². The van der Waals surface area contributed by atoms with Gasteiger partial charge in [-0.25, -0.2) is 4.79 Å². The van der Waals surface area contributed by atoms with E-state index in [9.17, 15) is 19.5 Å². The van der Waals surface area contributed by atoms with Crippen LogP contribution >= 0.6 is 31.9 Å². The Kier molecular flexibility index (Phi) is 6.92. The van der Waals surface area contributed by atoms with Crippen LogP contribution in [0.25, 0.3) is 0 Å². The van der Waals surface area contributed by atoms with Gasteiger partial charge in [-0.05, 0) is 90.8 Å². The summed E-state index contributed by atoms with van der Waals surface area (Å²) in [4.78, 5) is 39.6. The van der Waals surface area contributed by atoms with Crippen molar-refractivity contribution in [2.75, 3.05) is 0 Å². The Hall–Kier alpha value is -2.09. The second kappa shape index (κ2) is 9.70. The lowest BCUT2D eigenvalue weighted by Crippen LogP contribution is -2.68. The number of ether oxygens (including phenoxy) is 1. The van der Waals surface area contributed by atoms with E-state index < -0.39 is 17.5 Å². The van der Waals surface area contributed by atoms with Gasteiger partial charge in [-0.3, -0.25) is 9.59 Å². The maximum atomic E-state index is 13.7. The molecule has 3 saturated carbocycles. The molecule has 0 aliphatic heterocycles. The van der Waals surface area contributed by atoms with E-state index in [2.05, 4.69) is 71.7 Å². The zero-order valence-corrected chi connectivity index (χ0v) is 28.2. The van der Waals surface area contributed by atoms with Crippen molar-refractivity contribution < 1.29 is 24.2 Å². The lowest BCUT2D eigenvalue weighted by Gasteiger charge is -2.70. The van der Waals surface area contributed by atoms with Crippen molar-refractivity contribution in [2.45, 2.75) is 78.2 Å². The van der Waals surface area contributed by atoms with Gasteiger partial charge in [-0.2, -0.15) is 0 Å². The fourth-order valence-corrected chi connectivity index (χ4v) is 11.2. The van der Waals surface area contributed by atoms with Gasteiger partial charge in [-0.15, -0.1) is 0 Å². The van der Waals surface area contributed by atoms with Crippen molar-refractivity contribution in [3.8, 4) is 0 Å². The number of alkyl halides is 1. The summed E-state index contributed by atoms with van der Waals surface area (Å²) in [5.74, 6) is -0.981. The average molecular weight is 698 g/mol. The standard InChI is InChI=1S/C35H38Br2O5/c1-18-25-21(17-23(27(18)38)42-31(41)20-7-10-22(36)11-8-20)9-12-24-32(25,3)13-16-35(6)29-26(37)19(2)28(39)30(40)33(29,4)14-15-34(24,35)5/h7-12,17,19,26,29-30,40H,13-16H2,1-6H3. The molecule has 222 valence electrons. The molecular formula is C35H38Br2O5. The Morgan fingerprint density at radius 1 is 1.00 bits per heavy atom. The normalized spacial score (nSPS) is 41.0. The van der Waals surface area contributed by atoms with Gasteiger partial charge in [0.1, 0.15) is 6.10 Å². The maximum Gasteiger partial charge on any atom is 0.343 e. The number of carbonyl (C=O) groups excluding carboxylic acids is 3. The number of rotatable bonds is 2. The number of carbonyl (C=O) groups is 3. The highest BCUT2D eigenvalue weighted by molar-refractivity contribution is 9.10. The molecule has 8 atom stereocenters. The number of aliphatic hydroxyl groups is 1. The first-order valence-electron chi connectivity index (χ1n) is 14.8. The molecule has 7 heteroatoms. The molecule has 42 heavy (non-hydrogen) atoms. The molecule has 0 radical (unpaired) electrons. The summed E-state index contributed by atoms with van der Waals surface area (Å²) in [7, 11) is 0. The quantitative estimate of drug-likeness (QED) is 0.252. The van der Waals surface area contributed by atoms with Gasteiger partial charge in [0, 0.05) is 31.6 Å². The van der Waals surface area contributed by atoms with E-state index in [0.29, 0.717) is 11.1 Å². The molecule has 5 aliphatic rings. The zero-order chi connectivity index (χ0) is 30.6. The van der Waals surface area contributed by atoms with Gasteiger partial charge in [0.15, 0.2) is 11.5 Å². The van der Waals surface area contributed by atoms with Crippen molar-refractivity contribution >= 4 is 49.4 Å².